The van der Waals surface area contributed by atoms with Gasteiger partial charge in [-0.05, 0) is 49.2 Å². The van der Waals surface area contributed by atoms with Gasteiger partial charge in [-0.25, -0.2) is 0 Å². The highest BCUT2D eigenvalue weighted by molar-refractivity contribution is 6.39. The van der Waals surface area contributed by atoms with Gasteiger partial charge in [0.1, 0.15) is 0 Å². The molecule has 0 fully saturated rings. The maximum atomic E-state index is 12.2. The Labute approximate surface area is 175 Å². The van der Waals surface area contributed by atoms with Gasteiger partial charge in [0.25, 0.3) is 5.91 Å². The van der Waals surface area contributed by atoms with E-state index in [1.165, 1.54) is 0 Å². The largest absolute Gasteiger partial charge is 0.359 e. The van der Waals surface area contributed by atoms with Crippen molar-refractivity contribution in [1.82, 2.24) is 10.6 Å². The quantitative estimate of drug-likeness (QED) is 0.463. The minimum atomic E-state index is -0.104. The third kappa shape index (κ3) is 7.06. The van der Waals surface area contributed by atoms with Gasteiger partial charge < -0.3 is 16.0 Å². The number of halogens is 2. The van der Waals surface area contributed by atoms with Crippen LogP contribution in [0.4, 0.5) is 11.4 Å². The number of anilines is 2. The number of hydrogen-bond donors (Lipinski definition) is 3. The topological polar surface area (TPSA) is 70.2 Å². The smallest absolute Gasteiger partial charge is 0.251 e. The average Bonchev–Trinajstić information content (AvgIpc) is 2.70. The molecule has 0 saturated carbocycles. The monoisotopic (exact) mass is 421 g/mol. The average molecular weight is 422 g/mol. The summed E-state index contributed by atoms with van der Waals surface area (Å²) in [7, 11) is 1.65. The van der Waals surface area contributed by atoms with Crippen molar-refractivity contribution in [3.8, 4) is 0 Å². The van der Waals surface area contributed by atoms with E-state index in [0.717, 1.165) is 31.4 Å². The van der Waals surface area contributed by atoms with Crippen molar-refractivity contribution in [2.45, 2.75) is 32.1 Å². The zero-order chi connectivity index (χ0) is 20.4. The summed E-state index contributed by atoms with van der Waals surface area (Å²) in [4.78, 5) is 23.3. The number of amides is 2. The van der Waals surface area contributed by atoms with Crippen LogP contribution in [0.25, 0.3) is 0 Å². The predicted octanol–water partition coefficient (Wildman–Crippen LogP) is 5.16. The molecule has 5 nitrogen and oxygen atoms in total. The molecular formula is C21H25Cl2N3O2. The third-order valence-corrected chi connectivity index (χ3v) is 4.90. The fraction of sp³-hybridized carbons (Fsp3) is 0.333. The number of nitrogens with one attached hydrogen (secondary N) is 3. The van der Waals surface area contributed by atoms with Crippen LogP contribution in [0.1, 0.15) is 42.5 Å². The van der Waals surface area contributed by atoms with Crippen molar-refractivity contribution < 1.29 is 9.59 Å². The fourth-order valence-electron chi connectivity index (χ4n) is 2.66. The summed E-state index contributed by atoms with van der Waals surface area (Å²) in [5, 5.41) is 9.76. The molecule has 3 N–H and O–H groups in total. The SMILES string of the molecule is CNC(=O)CCCCCCNC(=O)c1ccc(Nc2c(Cl)cccc2Cl)cc1. The number of hydrogen-bond acceptors (Lipinski definition) is 3. The lowest BCUT2D eigenvalue weighted by molar-refractivity contribution is -0.120. The Bertz CT molecular complexity index is 774. The lowest BCUT2D eigenvalue weighted by atomic mass is 10.1. The molecule has 7 heteroatoms. The number of rotatable bonds is 10. The Morgan fingerprint density at radius 3 is 2.18 bits per heavy atom. The van der Waals surface area contributed by atoms with Crippen molar-refractivity contribution in [3.63, 3.8) is 0 Å². The summed E-state index contributed by atoms with van der Waals surface area (Å²) in [5.74, 6) is -0.0317. The van der Waals surface area contributed by atoms with Crippen LogP contribution in [0.3, 0.4) is 0 Å². The summed E-state index contributed by atoms with van der Waals surface area (Å²) < 4.78 is 0. The molecule has 150 valence electrons. The van der Waals surface area contributed by atoms with E-state index in [4.69, 9.17) is 23.2 Å². The molecule has 2 amide bonds. The Balaban J connectivity index is 1.74. The summed E-state index contributed by atoms with van der Waals surface area (Å²) >= 11 is 12.3. The maximum absolute atomic E-state index is 12.2. The van der Waals surface area contributed by atoms with Crippen molar-refractivity contribution in [1.29, 1.82) is 0 Å². The summed E-state index contributed by atoms with van der Waals surface area (Å²) in [6.45, 7) is 0.619. The summed E-state index contributed by atoms with van der Waals surface area (Å²) in [6, 6.07) is 12.4. The molecule has 0 radical (unpaired) electrons. The molecular weight excluding hydrogens is 397 g/mol. The van der Waals surface area contributed by atoms with E-state index in [1.807, 2.05) is 12.1 Å². The first kappa shape index (κ1) is 22.1. The Morgan fingerprint density at radius 2 is 1.54 bits per heavy atom. The third-order valence-electron chi connectivity index (χ3n) is 4.27. The lowest BCUT2D eigenvalue weighted by Crippen LogP contribution is -2.24. The van der Waals surface area contributed by atoms with Crippen LogP contribution in [0.2, 0.25) is 10.0 Å². The van der Waals surface area contributed by atoms with E-state index in [2.05, 4.69) is 16.0 Å². The van der Waals surface area contributed by atoms with Gasteiger partial charge in [0.05, 0.1) is 15.7 Å². The second-order valence-corrected chi connectivity index (χ2v) is 7.21. The van der Waals surface area contributed by atoms with E-state index in [9.17, 15) is 9.59 Å². The zero-order valence-corrected chi connectivity index (χ0v) is 17.4. The van der Waals surface area contributed by atoms with Gasteiger partial charge in [-0.15, -0.1) is 0 Å². The van der Waals surface area contributed by atoms with Gasteiger partial charge in [0.2, 0.25) is 5.91 Å². The molecule has 0 aliphatic carbocycles. The minimum Gasteiger partial charge on any atom is -0.359 e. The molecule has 0 spiro atoms. The minimum absolute atomic E-state index is 0.0723. The standard InChI is InChI=1S/C21H25Cl2N3O2/c1-24-19(27)9-4-2-3-5-14-25-21(28)15-10-12-16(13-11-15)26-20-17(22)7-6-8-18(20)23/h6-8,10-13,26H,2-5,9,14H2,1H3,(H,24,27)(H,25,28). The molecule has 28 heavy (non-hydrogen) atoms. The van der Waals surface area contributed by atoms with Gasteiger partial charge in [-0.3, -0.25) is 9.59 Å². The molecule has 2 rings (SSSR count). The summed E-state index contributed by atoms with van der Waals surface area (Å²) in [5.41, 5.74) is 2.03. The molecule has 0 heterocycles. The van der Waals surface area contributed by atoms with Crippen molar-refractivity contribution >= 4 is 46.4 Å². The van der Waals surface area contributed by atoms with Gasteiger partial charge in [0.15, 0.2) is 0 Å². The zero-order valence-electron chi connectivity index (χ0n) is 15.9. The van der Waals surface area contributed by atoms with E-state index in [1.54, 1.807) is 37.4 Å². The molecule has 0 aliphatic rings. The van der Waals surface area contributed by atoms with Crippen LogP contribution in [-0.2, 0) is 4.79 Å². The van der Waals surface area contributed by atoms with Crippen LogP contribution < -0.4 is 16.0 Å². The highest BCUT2D eigenvalue weighted by atomic mass is 35.5. The second-order valence-electron chi connectivity index (χ2n) is 6.39. The van der Waals surface area contributed by atoms with Crippen LogP contribution >= 0.6 is 23.2 Å². The van der Waals surface area contributed by atoms with Gasteiger partial charge in [-0.2, -0.15) is 0 Å². The Hall–Kier alpha value is -2.24. The number of carbonyl (C=O) groups excluding carboxylic acids is 2. The molecule has 0 bridgehead atoms. The van der Waals surface area contributed by atoms with Crippen LogP contribution in [0.5, 0.6) is 0 Å². The van der Waals surface area contributed by atoms with E-state index >= 15 is 0 Å². The Kier molecular flexibility index (Phi) is 9.11. The van der Waals surface area contributed by atoms with Crippen molar-refractivity contribution in [2.24, 2.45) is 0 Å². The number of para-hydroxylation sites is 1. The molecule has 0 aliphatic heterocycles. The lowest BCUT2D eigenvalue weighted by Gasteiger charge is -2.11. The highest BCUT2D eigenvalue weighted by Gasteiger charge is 2.08. The van der Waals surface area contributed by atoms with E-state index in [0.29, 0.717) is 34.3 Å². The highest BCUT2D eigenvalue weighted by Crippen LogP contribution is 2.32. The predicted molar refractivity (Wildman–Crippen MR) is 116 cm³/mol. The molecule has 2 aromatic carbocycles. The molecule has 0 aromatic heterocycles. The van der Waals surface area contributed by atoms with E-state index < -0.39 is 0 Å². The molecule has 0 saturated heterocycles. The first-order valence-electron chi connectivity index (χ1n) is 9.31. The van der Waals surface area contributed by atoms with Gasteiger partial charge in [0, 0.05) is 31.3 Å². The number of benzene rings is 2. The molecule has 0 atom stereocenters. The van der Waals surface area contributed by atoms with Gasteiger partial charge >= 0.3 is 0 Å². The van der Waals surface area contributed by atoms with Crippen molar-refractivity contribution in [3.05, 3.63) is 58.1 Å². The Morgan fingerprint density at radius 1 is 0.893 bits per heavy atom. The second kappa shape index (κ2) is 11.6. The summed E-state index contributed by atoms with van der Waals surface area (Å²) in [6.07, 6.45) is 4.29. The maximum Gasteiger partial charge on any atom is 0.251 e. The first-order valence-corrected chi connectivity index (χ1v) is 10.1. The first-order chi connectivity index (χ1) is 13.5. The number of unbranched alkanes of at least 4 members (excludes halogenated alkanes) is 3. The van der Waals surface area contributed by atoms with Crippen LogP contribution in [0, 0.1) is 0 Å². The molecule has 0 unspecified atom stereocenters. The fourth-order valence-corrected chi connectivity index (χ4v) is 3.15. The van der Waals surface area contributed by atoms with Crippen molar-refractivity contribution in [2.75, 3.05) is 18.9 Å². The van der Waals surface area contributed by atoms with Gasteiger partial charge in [-0.1, -0.05) is 42.1 Å². The van der Waals surface area contributed by atoms with E-state index in [-0.39, 0.29) is 11.8 Å². The molecule has 2 aromatic rings. The normalized spacial score (nSPS) is 10.4. The van der Waals surface area contributed by atoms with Crippen LogP contribution in [-0.4, -0.2) is 25.4 Å². The number of carbonyl (C=O) groups is 2. The van der Waals surface area contributed by atoms with Crippen LogP contribution in [0.15, 0.2) is 42.5 Å².